The van der Waals surface area contributed by atoms with E-state index in [-0.39, 0.29) is 24.3 Å². The second kappa shape index (κ2) is 13.5. The van der Waals surface area contributed by atoms with Gasteiger partial charge in [-0.1, -0.05) is 29.8 Å². The quantitative estimate of drug-likeness (QED) is 0.393. The van der Waals surface area contributed by atoms with E-state index in [2.05, 4.69) is 10.2 Å². The molecule has 0 radical (unpaired) electrons. The lowest BCUT2D eigenvalue weighted by Gasteiger charge is -2.31. The highest BCUT2D eigenvalue weighted by atomic mass is 35.5. The molecule has 10 heteroatoms. The molecule has 2 aromatic carbocycles. The first-order chi connectivity index (χ1) is 18.0. The molecule has 4 rings (SSSR count). The normalized spacial score (nSPS) is 13.8. The lowest BCUT2D eigenvalue weighted by molar-refractivity contribution is -0.133. The number of morpholine rings is 1. The maximum atomic E-state index is 13.6. The largest absolute Gasteiger partial charge is 0.379 e. The van der Waals surface area contributed by atoms with Gasteiger partial charge in [0.1, 0.15) is 12.4 Å². The summed E-state index contributed by atoms with van der Waals surface area (Å²) in [5.41, 5.74) is 1.41. The van der Waals surface area contributed by atoms with E-state index in [9.17, 15) is 14.0 Å². The van der Waals surface area contributed by atoms with E-state index in [1.54, 1.807) is 57.5 Å². The van der Waals surface area contributed by atoms with Gasteiger partial charge in [-0.25, -0.2) is 9.18 Å². The molecule has 3 amide bonds. The molecule has 0 unspecified atom stereocenters. The topological polar surface area (TPSA) is 65.1 Å². The van der Waals surface area contributed by atoms with Crippen LogP contribution in [0.4, 0.5) is 14.9 Å². The Morgan fingerprint density at radius 1 is 1.00 bits per heavy atom. The van der Waals surface area contributed by atoms with Gasteiger partial charge in [0.2, 0.25) is 5.91 Å². The van der Waals surface area contributed by atoms with E-state index >= 15 is 0 Å². The van der Waals surface area contributed by atoms with Gasteiger partial charge in [-0.15, -0.1) is 11.3 Å². The minimum atomic E-state index is -0.359. The molecule has 1 aliphatic heterocycles. The number of hydrogen-bond donors (Lipinski definition) is 1. The zero-order valence-electron chi connectivity index (χ0n) is 20.4. The first kappa shape index (κ1) is 27.1. The molecule has 1 aliphatic rings. The molecule has 0 saturated carbocycles. The SMILES string of the molecule is O=C(CN(CCN1CCOCC1)C(=O)Nc1ccc(Cl)cc1)N(Cc1ccc(F)cc1)Cc1cccs1. The molecular formula is C27H30ClFN4O3S. The predicted molar refractivity (Wildman–Crippen MR) is 144 cm³/mol. The Labute approximate surface area is 225 Å². The van der Waals surface area contributed by atoms with Crippen LogP contribution < -0.4 is 5.32 Å². The van der Waals surface area contributed by atoms with Crippen molar-refractivity contribution >= 4 is 40.6 Å². The summed E-state index contributed by atoms with van der Waals surface area (Å²) < 4.78 is 18.9. The molecule has 37 heavy (non-hydrogen) atoms. The third kappa shape index (κ3) is 8.53. The van der Waals surface area contributed by atoms with E-state index in [0.717, 1.165) is 23.5 Å². The summed E-state index contributed by atoms with van der Waals surface area (Å²) in [7, 11) is 0. The van der Waals surface area contributed by atoms with Crippen molar-refractivity contribution in [1.82, 2.24) is 14.7 Å². The lowest BCUT2D eigenvalue weighted by atomic mass is 10.2. The Morgan fingerprint density at radius 3 is 2.41 bits per heavy atom. The van der Waals surface area contributed by atoms with Gasteiger partial charge in [0, 0.05) is 48.3 Å². The summed E-state index contributed by atoms with van der Waals surface area (Å²) >= 11 is 7.54. The van der Waals surface area contributed by atoms with Crippen LogP contribution in [0.15, 0.2) is 66.0 Å². The van der Waals surface area contributed by atoms with Gasteiger partial charge in [0.15, 0.2) is 0 Å². The van der Waals surface area contributed by atoms with E-state index in [4.69, 9.17) is 16.3 Å². The summed E-state index contributed by atoms with van der Waals surface area (Å²) in [6, 6.07) is 16.5. The number of carbonyl (C=O) groups excluding carboxylic acids is 2. The zero-order valence-corrected chi connectivity index (χ0v) is 22.0. The van der Waals surface area contributed by atoms with E-state index in [1.807, 2.05) is 17.5 Å². The molecule has 1 aromatic heterocycles. The molecule has 0 bridgehead atoms. The van der Waals surface area contributed by atoms with Crippen molar-refractivity contribution in [2.45, 2.75) is 13.1 Å². The van der Waals surface area contributed by atoms with E-state index in [0.29, 0.717) is 50.1 Å². The van der Waals surface area contributed by atoms with Crippen molar-refractivity contribution in [3.8, 4) is 0 Å². The first-order valence-corrected chi connectivity index (χ1v) is 13.4. The number of nitrogens with zero attached hydrogens (tertiary/aromatic N) is 3. The van der Waals surface area contributed by atoms with Crippen molar-refractivity contribution in [2.75, 3.05) is 51.3 Å². The number of halogens is 2. The minimum absolute atomic E-state index is 0.0870. The van der Waals surface area contributed by atoms with Crippen molar-refractivity contribution in [1.29, 1.82) is 0 Å². The van der Waals surface area contributed by atoms with Crippen LogP contribution in [-0.4, -0.2) is 72.6 Å². The number of amides is 3. The average Bonchev–Trinajstić information content (AvgIpc) is 3.42. The van der Waals surface area contributed by atoms with Crippen LogP contribution in [0.3, 0.4) is 0 Å². The highest BCUT2D eigenvalue weighted by molar-refractivity contribution is 7.09. The highest BCUT2D eigenvalue weighted by Crippen LogP contribution is 2.17. The molecule has 7 nitrogen and oxygen atoms in total. The number of anilines is 1. The van der Waals surface area contributed by atoms with E-state index < -0.39 is 0 Å². The predicted octanol–water partition coefficient (Wildman–Crippen LogP) is 4.94. The maximum Gasteiger partial charge on any atom is 0.322 e. The van der Waals surface area contributed by atoms with Crippen LogP contribution in [0.25, 0.3) is 0 Å². The lowest BCUT2D eigenvalue weighted by Crippen LogP contribution is -2.48. The second-order valence-electron chi connectivity index (χ2n) is 8.77. The average molecular weight is 545 g/mol. The summed E-state index contributed by atoms with van der Waals surface area (Å²) in [4.78, 5) is 33.4. The van der Waals surface area contributed by atoms with Gasteiger partial charge < -0.3 is 19.9 Å². The standard InChI is InChI=1S/C27H30ClFN4O3S/c28-22-5-9-24(10-6-22)30-27(35)32(12-11-31-13-15-36-16-14-31)20-26(34)33(19-25-2-1-17-37-25)18-21-3-7-23(29)8-4-21/h1-10,17H,11-16,18-20H2,(H,30,35). The Bertz CT molecular complexity index is 1140. The van der Waals surface area contributed by atoms with Gasteiger partial charge in [-0.3, -0.25) is 9.69 Å². The van der Waals surface area contributed by atoms with Crippen LogP contribution in [0.2, 0.25) is 5.02 Å². The van der Waals surface area contributed by atoms with Crippen molar-refractivity contribution < 1.29 is 18.7 Å². The van der Waals surface area contributed by atoms with E-state index in [1.165, 1.54) is 12.1 Å². The van der Waals surface area contributed by atoms with Gasteiger partial charge in [0.05, 0.1) is 19.8 Å². The smallest absolute Gasteiger partial charge is 0.322 e. The minimum Gasteiger partial charge on any atom is -0.379 e. The molecular weight excluding hydrogens is 515 g/mol. The molecule has 1 fully saturated rings. The van der Waals surface area contributed by atoms with Crippen LogP contribution in [0.1, 0.15) is 10.4 Å². The summed E-state index contributed by atoms with van der Waals surface area (Å²) in [5.74, 6) is -0.515. The Hall–Kier alpha value is -2.98. The number of carbonyl (C=O) groups is 2. The molecule has 0 atom stereocenters. The maximum absolute atomic E-state index is 13.6. The Morgan fingerprint density at radius 2 is 1.73 bits per heavy atom. The number of nitrogens with one attached hydrogen (secondary N) is 1. The number of benzene rings is 2. The van der Waals surface area contributed by atoms with Crippen LogP contribution in [-0.2, 0) is 22.6 Å². The Balaban J connectivity index is 1.48. The second-order valence-corrected chi connectivity index (χ2v) is 10.2. The van der Waals surface area contributed by atoms with Crippen LogP contribution in [0.5, 0.6) is 0 Å². The van der Waals surface area contributed by atoms with Crippen molar-refractivity contribution in [3.05, 3.63) is 87.3 Å². The van der Waals surface area contributed by atoms with Crippen LogP contribution in [0, 0.1) is 5.82 Å². The van der Waals surface area contributed by atoms with Gasteiger partial charge in [-0.05, 0) is 53.4 Å². The van der Waals surface area contributed by atoms with Crippen LogP contribution >= 0.6 is 22.9 Å². The fraction of sp³-hybridized carbons (Fsp3) is 0.333. The monoisotopic (exact) mass is 544 g/mol. The third-order valence-corrected chi connectivity index (χ3v) is 7.18. The molecule has 1 saturated heterocycles. The fourth-order valence-electron chi connectivity index (χ4n) is 3.97. The fourth-order valence-corrected chi connectivity index (χ4v) is 4.82. The third-order valence-electron chi connectivity index (χ3n) is 6.06. The summed E-state index contributed by atoms with van der Waals surface area (Å²) in [6.07, 6.45) is 0. The number of ether oxygens (including phenoxy) is 1. The zero-order chi connectivity index (χ0) is 26.0. The molecule has 2 heterocycles. The summed E-state index contributed by atoms with van der Waals surface area (Å²) in [6.45, 7) is 4.53. The van der Waals surface area contributed by atoms with Gasteiger partial charge >= 0.3 is 6.03 Å². The highest BCUT2D eigenvalue weighted by Gasteiger charge is 2.23. The van der Waals surface area contributed by atoms with Crippen molar-refractivity contribution in [3.63, 3.8) is 0 Å². The van der Waals surface area contributed by atoms with Gasteiger partial charge in [0.25, 0.3) is 0 Å². The molecule has 0 spiro atoms. The molecule has 0 aliphatic carbocycles. The molecule has 3 aromatic rings. The van der Waals surface area contributed by atoms with Crippen molar-refractivity contribution in [2.24, 2.45) is 0 Å². The first-order valence-electron chi connectivity index (χ1n) is 12.1. The van der Waals surface area contributed by atoms with Gasteiger partial charge in [-0.2, -0.15) is 0 Å². The number of hydrogen-bond acceptors (Lipinski definition) is 5. The number of thiophene rings is 1. The summed E-state index contributed by atoms with van der Waals surface area (Å²) in [5, 5.41) is 5.41. The number of urea groups is 1. The Kier molecular flexibility index (Phi) is 9.90. The number of rotatable bonds is 10. The molecule has 196 valence electrons. The molecule has 1 N–H and O–H groups in total.